The minimum Gasteiger partial charge on any atom is -0.478 e. The molecule has 1 aromatic rings. The third-order valence-electron chi connectivity index (χ3n) is 3.19. The number of aromatic carboxylic acids is 1. The first kappa shape index (κ1) is 12.1. The Kier molecular flexibility index (Phi) is 3.76. The van der Waals surface area contributed by atoms with E-state index in [4.69, 9.17) is 9.84 Å². The molecule has 1 saturated heterocycles. The monoisotopic (exact) mass is 236 g/mol. The summed E-state index contributed by atoms with van der Waals surface area (Å²) in [6.45, 7) is 1.33. The third kappa shape index (κ3) is 2.84. The average molecular weight is 236 g/mol. The molecule has 1 heterocycles. The second-order valence-corrected chi connectivity index (χ2v) is 4.33. The summed E-state index contributed by atoms with van der Waals surface area (Å²) in [7, 11) is 0. The first-order valence-corrected chi connectivity index (χ1v) is 5.77. The molecular formula is C13H16O4. The van der Waals surface area contributed by atoms with Crippen molar-refractivity contribution < 1.29 is 19.7 Å². The predicted octanol–water partition coefficient (Wildman–Crippen LogP) is 1.84. The van der Waals surface area contributed by atoms with E-state index >= 15 is 0 Å². The molecule has 1 aromatic carbocycles. The molecule has 1 atom stereocenters. The van der Waals surface area contributed by atoms with Gasteiger partial charge in [0.1, 0.15) is 0 Å². The Morgan fingerprint density at radius 2 is 2.06 bits per heavy atom. The second kappa shape index (κ2) is 5.29. The highest BCUT2D eigenvalue weighted by Crippen LogP contribution is 2.30. The molecule has 0 spiro atoms. The zero-order chi connectivity index (χ0) is 12.3. The molecule has 2 rings (SSSR count). The van der Waals surface area contributed by atoms with Gasteiger partial charge in [0.25, 0.3) is 0 Å². The Bertz CT molecular complexity index is 396. The van der Waals surface area contributed by atoms with E-state index in [0.29, 0.717) is 18.8 Å². The molecule has 0 radical (unpaired) electrons. The van der Waals surface area contributed by atoms with Gasteiger partial charge in [0.15, 0.2) is 0 Å². The predicted molar refractivity (Wildman–Crippen MR) is 61.9 cm³/mol. The fourth-order valence-corrected chi connectivity index (χ4v) is 2.16. The quantitative estimate of drug-likeness (QED) is 0.840. The smallest absolute Gasteiger partial charge is 0.335 e. The van der Waals surface area contributed by atoms with E-state index in [1.165, 1.54) is 6.07 Å². The molecule has 0 aromatic heterocycles. The Morgan fingerprint density at radius 1 is 1.35 bits per heavy atom. The lowest BCUT2D eigenvalue weighted by Crippen LogP contribution is -2.22. The molecule has 4 nitrogen and oxygen atoms in total. The lowest BCUT2D eigenvalue weighted by atomic mass is 9.89. The summed E-state index contributed by atoms with van der Waals surface area (Å²) in [5.41, 5.74) is 0.894. The molecule has 17 heavy (non-hydrogen) atoms. The van der Waals surface area contributed by atoms with Crippen molar-refractivity contribution in [3.63, 3.8) is 0 Å². The SMILES string of the molecule is O=C(O)c1cccc(C(O)C2CCOCC2)c1. The molecule has 1 aliphatic heterocycles. The molecule has 1 unspecified atom stereocenters. The Morgan fingerprint density at radius 3 is 2.71 bits per heavy atom. The Hall–Kier alpha value is -1.39. The van der Waals surface area contributed by atoms with Gasteiger partial charge in [-0.1, -0.05) is 12.1 Å². The summed E-state index contributed by atoms with van der Waals surface area (Å²) in [5.74, 6) is -0.807. The van der Waals surface area contributed by atoms with Gasteiger partial charge in [-0.2, -0.15) is 0 Å². The number of carboxylic acid groups (broad SMARTS) is 1. The molecule has 1 fully saturated rings. The Labute approximate surface area is 99.8 Å². The largest absolute Gasteiger partial charge is 0.478 e. The molecule has 0 aliphatic carbocycles. The van der Waals surface area contributed by atoms with Crippen LogP contribution in [0.5, 0.6) is 0 Å². The number of ether oxygens (including phenoxy) is 1. The van der Waals surface area contributed by atoms with E-state index < -0.39 is 12.1 Å². The number of rotatable bonds is 3. The summed E-state index contributed by atoms with van der Waals surface area (Å²) in [5, 5.41) is 19.1. The summed E-state index contributed by atoms with van der Waals surface area (Å²) in [4.78, 5) is 10.9. The molecule has 1 aliphatic rings. The molecule has 0 bridgehead atoms. The first-order valence-electron chi connectivity index (χ1n) is 5.77. The van der Waals surface area contributed by atoms with Gasteiger partial charge in [-0.3, -0.25) is 0 Å². The van der Waals surface area contributed by atoms with E-state index in [9.17, 15) is 9.90 Å². The molecule has 0 saturated carbocycles. The maximum absolute atomic E-state index is 10.9. The zero-order valence-corrected chi connectivity index (χ0v) is 9.50. The normalized spacial score (nSPS) is 18.9. The van der Waals surface area contributed by atoms with Crippen molar-refractivity contribution in [2.24, 2.45) is 5.92 Å². The van der Waals surface area contributed by atoms with Gasteiger partial charge in [-0.25, -0.2) is 4.79 Å². The Balaban J connectivity index is 2.14. The number of aliphatic hydroxyl groups excluding tert-OH is 1. The van der Waals surface area contributed by atoms with E-state index in [-0.39, 0.29) is 11.5 Å². The van der Waals surface area contributed by atoms with Crippen LogP contribution in [0, 0.1) is 5.92 Å². The molecule has 2 N–H and O–H groups in total. The average Bonchev–Trinajstić information content (AvgIpc) is 2.39. The minimum absolute atomic E-state index is 0.160. The number of carbonyl (C=O) groups is 1. The van der Waals surface area contributed by atoms with Crippen LogP contribution in [0.3, 0.4) is 0 Å². The molecular weight excluding hydrogens is 220 g/mol. The van der Waals surface area contributed by atoms with Gasteiger partial charge < -0.3 is 14.9 Å². The van der Waals surface area contributed by atoms with Crippen LogP contribution in [0.4, 0.5) is 0 Å². The van der Waals surface area contributed by atoms with Crippen molar-refractivity contribution in [1.82, 2.24) is 0 Å². The van der Waals surface area contributed by atoms with E-state index in [2.05, 4.69) is 0 Å². The van der Waals surface area contributed by atoms with Crippen LogP contribution in [-0.4, -0.2) is 29.4 Å². The lowest BCUT2D eigenvalue weighted by Gasteiger charge is -2.27. The van der Waals surface area contributed by atoms with Crippen LogP contribution in [0.2, 0.25) is 0 Å². The van der Waals surface area contributed by atoms with Crippen LogP contribution >= 0.6 is 0 Å². The van der Waals surface area contributed by atoms with Crippen LogP contribution in [-0.2, 0) is 4.74 Å². The maximum Gasteiger partial charge on any atom is 0.335 e. The summed E-state index contributed by atoms with van der Waals surface area (Å²) in [6, 6.07) is 6.51. The van der Waals surface area contributed by atoms with Gasteiger partial charge in [-0.05, 0) is 36.5 Å². The fourth-order valence-electron chi connectivity index (χ4n) is 2.16. The zero-order valence-electron chi connectivity index (χ0n) is 9.50. The van der Waals surface area contributed by atoms with Crippen LogP contribution in [0.15, 0.2) is 24.3 Å². The first-order chi connectivity index (χ1) is 8.18. The second-order valence-electron chi connectivity index (χ2n) is 4.33. The van der Waals surface area contributed by atoms with E-state index in [1.54, 1.807) is 18.2 Å². The van der Waals surface area contributed by atoms with Gasteiger partial charge in [-0.15, -0.1) is 0 Å². The van der Waals surface area contributed by atoms with Gasteiger partial charge in [0.05, 0.1) is 11.7 Å². The van der Waals surface area contributed by atoms with Crippen LogP contribution < -0.4 is 0 Å². The van der Waals surface area contributed by atoms with E-state index in [1.807, 2.05) is 0 Å². The van der Waals surface area contributed by atoms with E-state index in [0.717, 1.165) is 12.8 Å². The van der Waals surface area contributed by atoms with Crippen molar-refractivity contribution in [2.45, 2.75) is 18.9 Å². The van der Waals surface area contributed by atoms with Crippen molar-refractivity contribution in [3.05, 3.63) is 35.4 Å². The standard InChI is InChI=1S/C13H16O4/c14-12(9-4-6-17-7-5-9)10-2-1-3-11(8-10)13(15)16/h1-3,8-9,12,14H,4-7H2,(H,15,16). The number of aliphatic hydroxyl groups is 1. The number of benzene rings is 1. The van der Waals surface area contributed by atoms with Gasteiger partial charge in [0, 0.05) is 13.2 Å². The fraction of sp³-hybridized carbons (Fsp3) is 0.462. The third-order valence-corrected chi connectivity index (χ3v) is 3.19. The number of carboxylic acids is 1. The van der Waals surface area contributed by atoms with Gasteiger partial charge >= 0.3 is 5.97 Å². The van der Waals surface area contributed by atoms with Gasteiger partial charge in [0.2, 0.25) is 0 Å². The van der Waals surface area contributed by atoms with Crippen molar-refractivity contribution in [1.29, 1.82) is 0 Å². The summed E-state index contributed by atoms with van der Waals surface area (Å²) >= 11 is 0. The molecule has 4 heteroatoms. The minimum atomic E-state index is -0.967. The summed E-state index contributed by atoms with van der Waals surface area (Å²) in [6.07, 6.45) is 1.04. The molecule has 0 amide bonds. The van der Waals surface area contributed by atoms with Crippen LogP contribution in [0.25, 0.3) is 0 Å². The number of hydrogen-bond donors (Lipinski definition) is 2. The molecule has 92 valence electrons. The van der Waals surface area contributed by atoms with Crippen molar-refractivity contribution in [2.75, 3.05) is 13.2 Å². The van der Waals surface area contributed by atoms with Crippen molar-refractivity contribution >= 4 is 5.97 Å². The topological polar surface area (TPSA) is 66.8 Å². The highest BCUT2D eigenvalue weighted by molar-refractivity contribution is 5.87. The van der Waals surface area contributed by atoms with Crippen LogP contribution in [0.1, 0.15) is 34.9 Å². The van der Waals surface area contributed by atoms with Crippen molar-refractivity contribution in [3.8, 4) is 0 Å². The lowest BCUT2D eigenvalue weighted by molar-refractivity contribution is 0.00714. The highest BCUT2D eigenvalue weighted by atomic mass is 16.5. The number of hydrogen-bond acceptors (Lipinski definition) is 3. The summed E-state index contributed by atoms with van der Waals surface area (Å²) < 4.78 is 5.24. The highest BCUT2D eigenvalue weighted by Gasteiger charge is 2.23. The maximum atomic E-state index is 10.9.